The van der Waals surface area contributed by atoms with E-state index in [0.29, 0.717) is 0 Å². The maximum absolute atomic E-state index is 11.5. The SMILES string of the molecule is CC(C)(C)OC(=O)NOCC(=O)NCCOC1OC2OC2C(O)C1O. The predicted molar refractivity (Wildman–Crippen MR) is 79.8 cm³/mol. The molecule has 0 aromatic carbocycles. The summed E-state index contributed by atoms with van der Waals surface area (Å²) in [6.07, 6.45) is -5.19. The summed E-state index contributed by atoms with van der Waals surface area (Å²) in [5.41, 5.74) is 1.32. The van der Waals surface area contributed by atoms with E-state index in [1.165, 1.54) is 0 Å². The number of hydrogen-bond donors (Lipinski definition) is 4. The summed E-state index contributed by atoms with van der Waals surface area (Å²) in [4.78, 5) is 27.5. The number of carbonyl (C=O) groups is 2. The van der Waals surface area contributed by atoms with E-state index in [2.05, 4.69) is 5.32 Å². The van der Waals surface area contributed by atoms with Gasteiger partial charge in [0.2, 0.25) is 5.91 Å². The molecule has 0 aromatic heterocycles. The summed E-state index contributed by atoms with van der Waals surface area (Å²) in [5.74, 6) is -0.490. The molecule has 144 valence electrons. The zero-order valence-electron chi connectivity index (χ0n) is 14.3. The summed E-state index contributed by atoms with van der Waals surface area (Å²) in [7, 11) is 0. The van der Waals surface area contributed by atoms with E-state index in [1.807, 2.05) is 5.48 Å². The maximum Gasteiger partial charge on any atom is 0.431 e. The molecule has 5 unspecified atom stereocenters. The highest BCUT2D eigenvalue weighted by Gasteiger charge is 2.56. The summed E-state index contributed by atoms with van der Waals surface area (Å²) >= 11 is 0. The molecule has 0 radical (unpaired) electrons. The number of amides is 2. The van der Waals surface area contributed by atoms with Crippen LogP contribution in [0.1, 0.15) is 20.8 Å². The lowest BCUT2D eigenvalue weighted by Crippen LogP contribution is -2.49. The number of fused-ring (bicyclic) bond motifs is 1. The van der Waals surface area contributed by atoms with E-state index in [-0.39, 0.29) is 13.2 Å². The van der Waals surface area contributed by atoms with E-state index in [0.717, 1.165) is 0 Å². The van der Waals surface area contributed by atoms with E-state index in [1.54, 1.807) is 20.8 Å². The fraction of sp³-hybridized carbons (Fsp3) is 0.857. The highest BCUT2D eigenvalue weighted by molar-refractivity contribution is 5.77. The third-order valence-electron chi connectivity index (χ3n) is 3.18. The number of aliphatic hydroxyl groups is 2. The Morgan fingerprint density at radius 1 is 1.16 bits per heavy atom. The lowest BCUT2D eigenvalue weighted by Gasteiger charge is -2.28. The van der Waals surface area contributed by atoms with Crippen LogP contribution in [0.15, 0.2) is 0 Å². The molecular formula is C14H24N2O9. The average molecular weight is 364 g/mol. The van der Waals surface area contributed by atoms with Crippen LogP contribution in [0.5, 0.6) is 0 Å². The molecule has 2 aliphatic heterocycles. The van der Waals surface area contributed by atoms with Crippen LogP contribution in [-0.4, -0.2) is 78.5 Å². The minimum atomic E-state index is -1.22. The second kappa shape index (κ2) is 8.25. The topological polar surface area (TPSA) is 148 Å². The van der Waals surface area contributed by atoms with Crippen molar-refractivity contribution in [1.29, 1.82) is 0 Å². The number of aliphatic hydroxyl groups excluding tert-OH is 2. The predicted octanol–water partition coefficient (Wildman–Crippen LogP) is -1.62. The average Bonchev–Trinajstić information content (AvgIpc) is 3.26. The molecular weight excluding hydrogens is 340 g/mol. The molecule has 2 rings (SSSR count). The molecule has 0 aromatic rings. The van der Waals surface area contributed by atoms with Crippen molar-refractivity contribution < 1.29 is 43.6 Å². The molecule has 5 atom stereocenters. The molecule has 2 saturated heterocycles. The molecule has 0 saturated carbocycles. The van der Waals surface area contributed by atoms with Gasteiger partial charge in [0.25, 0.3) is 0 Å². The summed E-state index contributed by atoms with van der Waals surface area (Å²) in [5, 5.41) is 21.9. The van der Waals surface area contributed by atoms with Crippen molar-refractivity contribution in [2.45, 2.75) is 57.3 Å². The fourth-order valence-corrected chi connectivity index (χ4v) is 2.04. The third-order valence-corrected chi connectivity index (χ3v) is 3.18. The van der Waals surface area contributed by atoms with Gasteiger partial charge in [-0.05, 0) is 20.8 Å². The quantitative estimate of drug-likeness (QED) is 0.237. The second-order valence-corrected chi connectivity index (χ2v) is 6.57. The minimum absolute atomic E-state index is 0.0388. The van der Waals surface area contributed by atoms with Crippen molar-refractivity contribution in [2.75, 3.05) is 19.8 Å². The summed E-state index contributed by atoms with van der Waals surface area (Å²) in [6.45, 7) is 4.84. The Morgan fingerprint density at radius 3 is 2.56 bits per heavy atom. The normalized spacial score (nSPS) is 31.0. The Kier molecular flexibility index (Phi) is 6.54. The van der Waals surface area contributed by atoms with Crippen molar-refractivity contribution in [1.82, 2.24) is 10.8 Å². The molecule has 4 N–H and O–H groups in total. The molecule has 0 aliphatic carbocycles. The number of carbonyl (C=O) groups excluding carboxylic acids is 2. The second-order valence-electron chi connectivity index (χ2n) is 6.57. The van der Waals surface area contributed by atoms with Gasteiger partial charge in [-0.3, -0.25) is 9.63 Å². The fourth-order valence-electron chi connectivity index (χ4n) is 2.04. The summed E-state index contributed by atoms with van der Waals surface area (Å²) in [6, 6.07) is 0. The molecule has 2 fully saturated rings. The van der Waals surface area contributed by atoms with Crippen molar-refractivity contribution in [3.63, 3.8) is 0 Å². The number of hydrogen-bond acceptors (Lipinski definition) is 9. The van der Waals surface area contributed by atoms with Crippen LogP contribution in [0.25, 0.3) is 0 Å². The number of nitrogens with one attached hydrogen (secondary N) is 2. The van der Waals surface area contributed by atoms with Crippen molar-refractivity contribution >= 4 is 12.0 Å². The van der Waals surface area contributed by atoms with E-state index in [4.69, 9.17) is 23.8 Å². The van der Waals surface area contributed by atoms with Crippen LogP contribution in [0, 0.1) is 0 Å². The molecule has 25 heavy (non-hydrogen) atoms. The Bertz CT molecular complexity index is 481. The first-order valence-corrected chi connectivity index (χ1v) is 7.83. The number of ether oxygens (including phenoxy) is 4. The van der Waals surface area contributed by atoms with Gasteiger partial charge in [-0.1, -0.05) is 0 Å². The van der Waals surface area contributed by atoms with Gasteiger partial charge >= 0.3 is 6.09 Å². The van der Waals surface area contributed by atoms with E-state index >= 15 is 0 Å². The van der Waals surface area contributed by atoms with Gasteiger partial charge in [-0.25, -0.2) is 4.79 Å². The first-order valence-electron chi connectivity index (χ1n) is 7.83. The maximum atomic E-state index is 11.5. The lowest BCUT2D eigenvalue weighted by molar-refractivity contribution is -0.242. The van der Waals surface area contributed by atoms with Crippen molar-refractivity contribution in [2.24, 2.45) is 0 Å². The highest BCUT2D eigenvalue weighted by atomic mass is 16.8. The third kappa shape index (κ3) is 6.38. The molecule has 2 amide bonds. The van der Waals surface area contributed by atoms with Crippen LogP contribution >= 0.6 is 0 Å². The van der Waals surface area contributed by atoms with Crippen LogP contribution in [0.3, 0.4) is 0 Å². The lowest BCUT2D eigenvalue weighted by atomic mass is 10.1. The monoisotopic (exact) mass is 364 g/mol. The van der Waals surface area contributed by atoms with Crippen molar-refractivity contribution in [3.8, 4) is 0 Å². The molecule has 11 heteroatoms. The Hall–Kier alpha value is -1.50. The first-order chi connectivity index (χ1) is 11.7. The number of epoxide rings is 1. The largest absolute Gasteiger partial charge is 0.442 e. The smallest absolute Gasteiger partial charge is 0.431 e. The molecule has 11 nitrogen and oxygen atoms in total. The van der Waals surface area contributed by atoms with Gasteiger partial charge in [0.15, 0.2) is 19.2 Å². The zero-order chi connectivity index (χ0) is 18.6. The van der Waals surface area contributed by atoms with Gasteiger partial charge in [0, 0.05) is 6.54 Å². The van der Waals surface area contributed by atoms with Gasteiger partial charge in [-0.2, -0.15) is 5.48 Å². The van der Waals surface area contributed by atoms with Crippen LogP contribution in [-0.2, 0) is 28.6 Å². The molecule has 0 spiro atoms. The Morgan fingerprint density at radius 2 is 1.88 bits per heavy atom. The number of rotatable bonds is 7. The van der Waals surface area contributed by atoms with Crippen LogP contribution in [0.2, 0.25) is 0 Å². The van der Waals surface area contributed by atoms with Gasteiger partial charge in [-0.15, -0.1) is 0 Å². The molecule has 2 heterocycles. The Labute approximate surface area is 144 Å². The van der Waals surface area contributed by atoms with Gasteiger partial charge in [0.1, 0.15) is 23.9 Å². The van der Waals surface area contributed by atoms with E-state index in [9.17, 15) is 19.8 Å². The van der Waals surface area contributed by atoms with Gasteiger partial charge < -0.3 is 34.5 Å². The standard InChI is InChI=1S/C14H24N2O9/c1-14(2,3)25-13(20)16-22-6-7(17)15-4-5-21-11-9(19)8(18)10-12(23-10)24-11/h8-12,18-19H,4-6H2,1-3H3,(H,15,17)(H,16,20). The van der Waals surface area contributed by atoms with Crippen LogP contribution in [0.4, 0.5) is 4.79 Å². The van der Waals surface area contributed by atoms with Crippen molar-refractivity contribution in [3.05, 3.63) is 0 Å². The first kappa shape index (κ1) is 19.8. The molecule has 0 bridgehead atoms. The minimum Gasteiger partial charge on any atom is -0.442 e. The number of hydroxylamine groups is 1. The Balaban J connectivity index is 1.52. The van der Waals surface area contributed by atoms with Gasteiger partial charge in [0.05, 0.1) is 6.61 Å². The zero-order valence-corrected chi connectivity index (χ0v) is 14.3. The summed E-state index contributed by atoms with van der Waals surface area (Å²) < 4.78 is 20.4. The molecule has 2 aliphatic rings. The highest BCUT2D eigenvalue weighted by Crippen LogP contribution is 2.35. The van der Waals surface area contributed by atoms with E-state index < -0.39 is 55.1 Å². The van der Waals surface area contributed by atoms with Crippen LogP contribution < -0.4 is 10.8 Å².